The molecule has 0 aromatic carbocycles. The molecule has 20 heavy (non-hydrogen) atoms. The van der Waals surface area contributed by atoms with E-state index in [0.717, 1.165) is 44.1 Å². The van der Waals surface area contributed by atoms with Gasteiger partial charge >= 0.3 is 0 Å². The minimum absolute atomic E-state index is 0.204. The van der Waals surface area contributed by atoms with Crippen molar-refractivity contribution >= 4 is 5.91 Å². The molecule has 2 aliphatic rings. The summed E-state index contributed by atoms with van der Waals surface area (Å²) in [6.45, 7) is 5.40. The Hall–Kier alpha value is -0.570. The Morgan fingerprint density at radius 1 is 1.15 bits per heavy atom. The second kappa shape index (κ2) is 7.44. The lowest BCUT2D eigenvalue weighted by molar-refractivity contribution is -0.126. The zero-order valence-corrected chi connectivity index (χ0v) is 13.2. The summed E-state index contributed by atoms with van der Waals surface area (Å²) < 4.78 is 0. The van der Waals surface area contributed by atoms with E-state index < -0.39 is 0 Å². The van der Waals surface area contributed by atoms with Gasteiger partial charge in [-0.05, 0) is 49.9 Å². The molecule has 0 aliphatic heterocycles. The lowest BCUT2D eigenvalue weighted by atomic mass is 9.79. The van der Waals surface area contributed by atoms with Crippen molar-refractivity contribution < 1.29 is 4.79 Å². The van der Waals surface area contributed by atoms with Gasteiger partial charge in [0.25, 0.3) is 0 Å². The maximum Gasteiger partial charge on any atom is 0.223 e. The van der Waals surface area contributed by atoms with Crippen LogP contribution in [0.25, 0.3) is 0 Å². The molecule has 0 bridgehead atoms. The topological polar surface area (TPSA) is 55.1 Å². The molecule has 3 N–H and O–H groups in total. The summed E-state index contributed by atoms with van der Waals surface area (Å²) in [4.78, 5) is 12.2. The number of hydrogen-bond donors (Lipinski definition) is 2. The van der Waals surface area contributed by atoms with Crippen molar-refractivity contribution in [1.82, 2.24) is 5.32 Å². The summed E-state index contributed by atoms with van der Waals surface area (Å²) >= 11 is 0. The number of hydrogen-bond acceptors (Lipinski definition) is 2. The molecule has 3 nitrogen and oxygen atoms in total. The minimum atomic E-state index is 0.204. The quantitative estimate of drug-likeness (QED) is 0.831. The number of nitrogens with two attached hydrogens (primary N) is 1. The average molecular weight is 280 g/mol. The zero-order valence-electron chi connectivity index (χ0n) is 13.2. The van der Waals surface area contributed by atoms with E-state index in [0.29, 0.717) is 12.0 Å². The Morgan fingerprint density at radius 2 is 1.95 bits per heavy atom. The Bertz CT molecular complexity index is 318. The van der Waals surface area contributed by atoms with E-state index in [-0.39, 0.29) is 11.8 Å². The highest BCUT2D eigenvalue weighted by Gasteiger charge is 2.29. The first kappa shape index (κ1) is 15.8. The summed E-state index contributed by atoms with van der Waals surface area (Å²) in [5, 5.41) is 3.17. The van der Waals surface area contributed by atoms with Crippen LogP contribution in [-0.4, -0.2) is 18.5 Å². The second-order valence-electron chi connectivity index (χ2n) is 7.37. The van der Waals surface area contributed by atoms with Crippen LogP contribution in [0.1, 0.15) is 65.2 Å². The first-order valence-electron chi connectivity index (χ1n) is 8.59. The molecule has 3 heteroatoms. The van der Waals surface area contributed by atoms with Crippen molar-refractivity contribution in [1.29, 1.82) is 0 Å². The molecule has 2 fully saturated rings. The second-order valence-corrected chi connectivity index (χ2v) is 7.37. The maximum absolute atomic E-state index is 12.2. The van der Waals surface area contributed by atoms with Crippen LogP contribution in [0.2, 0.25) is 0 Å². The summed E-state index contributed by atoms with van der Waals surface area (Å²) in [6.07, 6.45) is 9.57. The van der Waals surface area contributed by atoms with Crippen molar-refractivity contribution in [3.63, 3.8) is 0 Å². The van der Waals surface area contributed by atoms with Gasteiger partial charge in [-0.15, -0.1) is 0 Å². The highest BCUT2D eigenvalue weighted by molar-refractivity contribution is 5.78. The average Bonchev–Trinajstić information content (AvgIpc) is 2.42. The molecule has 0 saturated heterocycles. The summed E-state index contributed by atoms with van der Waals surface area (Å²) in [5.41, 5.74) is 6.02. The molecule has 0 heterocycles. The van der Waals surface area contributed by atoms with Gasteiger partial charge in [0.05, 0.1) is 0 Å². The van der Waals surface area contributed by atoms with Crippen LogP contribution in [0.4, 0.5) is 0 Å². The van der Waals surface area contributed by atoms with E-state index in [1.165, 1.54) is 25.7 Å². The van der Waals surface area contributed by atoms with E-state index in [2.05, 4.69) is 19.2 Å². The van der Waals surface area contributed by atoms with Crippen molar-refractivity contribution in [3.8, 4) is 0 Å². The predicted octanol–water partition coefficient (Wildman–Crippen LogP) is 3.08. The normalized spacial score (nSPS) is 38.5. The molecule has 1 amide bonds. The first-order chi connectivity index (χ1) is 9.56. The molecule has 2 aliphatic carbocycles. The van der Waals surface area contributed by atoms with E-state index in [1.807, 2.05) is 0 Å². The van der Waals surface area contributed by atoms with Gasteiger partial charge < -0.3 is 11.1 Å². The number of nitrogens with one attached hydrogen (secondary N) is 1. The zero-order chi connectivity index (χ0) is 14.5. The molecule has 0 spiro atoms. The fourth-order valence-corrected chi connectivity index (χ4v) is 4.02. The van der Waals surface area contributed by atoms with Crippen molar-refractivity contribution in [2.45, 2.75) is 71.3 Å². The Kier molecular flexibility index (Phi) is 5.88. The molecule has 116 valence electrons. The van der Waals surface area contributed by atoms with Crippen LogP contribution in [0.3, 0.4) is 0 Å². The van der Waals surface area contributed by atoms with Gasteiger partial charge in [-0.2, -0.15) is 0 Å². The maximum atomic E-state index is 12.2. The smallest absolute Gasteiger partial charge is 0.223 e. The molecule has 2 saturated carbocycles. The third kappa shape index (κ3) is 4.47. The van der Waals surface area contributed by atoms with Crippen LogP contribution >= 0.6 is 0 Å². The lowest BCUT2D eigenvalue weighted by Crippen LogP contribution is -2.41. The van der Waals surface area contributed by atoms with E-state index in [4.69, 9.17) is 5.73 Å². The highest BCUT2D eigenvalue weighted by Crippen LogP contribution is 2.31. The van der Waals surface area contributed by atoms with Crippen LogP contribution < -0.4 is 11.1 Å². The standard InChI is InChI=1S/C17H32N2O/c1-12-4-3-5-14(10-12)8-9-19-17(20)15-6-7-16(18)13(2)11-15/h12-16H,3-11,18H2,1-2H3,(H,19,20). The molecule has 5 atom stereocenters. The fraction of sp³-hybridized carbons (Fsp3) is 0.941. The highest BCUT2D eigenvalue weighted by atomic mass is 16.1. The van der Waals surface area contributed by atoms with Gasteiger partial charge in [0.2, 0.25) is 5.91 Å². The van der Waals surface area contributed by atoms with Crippen molar-refractivity contribution in [2.75, 3.05) is 6.54 Å². The molecular formula is C17H32N2O. The van der Waals surface area contributed by atoms with Gasteiger partial charge in [-0.25, -0.2) is 0 Å². The largest absolute Gasteiger partial charge is 0.356 e. The summed E-state index contributed by atoms with van der Waals surface area (Å²) in [7, 11) is 0. The van der Waals surface area contributed by atoms with Crippen LogP contribution in [-0.2, 0) is 4.79 Å². The SMILES string of the molecule is CC1CCCC(CCNC(=O)C2CCC(N)C(C)C2)C1. The van der Waals surface area contributed by atoms with Gasteiger partial charge in [0, 0.05) is 18.5 Å². The third-order valence-electron chi connectivity index (χ3n) is 5.50. The molecule has 0 aromatic rings. The first-order valence-corrected chi connectivity index (χ1v) is 8.59. The summed E-state index contributed by atoms with van der Waals surface area (Å²) in [6, 6.07) is 0.294. The van der Waals surface area contributed by atoms with Gasteiger partial charge in [-0.3, -0.25) is 4.79 Å². The molecule has 2 rings (SSSR count). The van der Waals surface area contributed by atoms with E-state index in [1.54, 1.807) is 0 Å². The Morgan fingerprint density at radius 3 is 2.65 bits per heavy atom. The molecule has 5 unspecified atom stereocenters. The Labute approximate surface area is 124 Å². The van der Waals surface area contributed by atoms with Gasteiger partial charge in [-0.1, -0.05) is 33.1 Å². The number of rotatable bonds is 4. The van der Waals surface area contributed by atoms with Crippen LogP contribution in [0.5, 0.6) is 0 Å². The number of amides is 1. The van der Waals surface area contributed by atoms with Gasteiger partial charge in [0.15, 0.2) is 0 Å². The number of carbonyl (C=O) groups is 1. The summed E-state index contributed by atoms with van der Waals surface area (Å²) in [5.74, 6) is 2.67. The van der Waals surface area contributed by atoms with E-state index in [9.17, 15) is 4.79 Å². The fourth-order valence-electron chi connectivity index (χ4n) is 4.02. The lowest BCUT2D eigenvalue weighted by Gasteiger charge is -2.31. The van der Waals surface area contributed by atoms with Crippen molar-refractivity contribution in [3.05, 3.63) is 0 Å². The number of carbonyl (C=O) groups excluding carboxylic acids is 1. The predicted molar refractivity (Wildman–Crippen MR) is 83.2 cm³/mol. The third-order valence-corrected chi connectivity index (χ3v) is 5.50. The van der Waals surface area contributed by atoms with Crippen molar-refractivity contribution in [2.24, 2.45) is 29.4 Å². The molecule has 0 aromatic heterocycles. The monoisotopic (exact) mass is 280 g/mol. The van der Waals surface area contributed by atoms with Crippen LogP contribution in [0, 0.1) is 23.7 Å². The van der Waals surface area contributed by atoms with Crippen LogP contribution in [0.15, 0.2) is 0 Å². The van der Waals surface area contributed by atoms with E-state index >= 15 is 0 Å². The Balaban J connectivity index is 1.65. The molecule has 0 radical (unpaired) electrons. The molecular weight excluding hydrogens is 248 g/mol. The van der Waals surface area contributed by atoms with Gasteiger partial charge in [0.1, 0.15) is 0 Å². The minimum Gasteiger partial charge on any atom is -0.356 e.